The molecule has 2 N–H and O–H groups in total. The van der Waals surface area contributed by atoms with Gasteiger partial charge in [0.1, 0.15) is 17.6 Å². The van der Waals surface area contributed by atoms with Crippen LogP contribution in [0.3, 0.4) is 0 Å². The van der Waals surface area contributed by atoms with Crippen molar-refractivity contribution in [2.75, 3.05) is 6.61 Å². The second kappa shape index (κ2) is 11.2. The maximum absolute atomic E-state index is 12.5. The van der Waals surface area contributed by atoms with Gasteiger partial charge in [0.2, 0.25) is 0 Å². The fourth-order valence-corrected chi connectivity index (χ4v) is 3.62. The minimum atomic E-state index is -0.449. The first kappa shape index (κ1) is 24.5. The molecule has 0 aromatic heterocycles. The molecule has 0 spiro atoms. The zero-order valence-corrected chi connectivity index (χ0v) is 19.8. The normalized spacial score (nSPS) is 11.5. The highest BCUT2D eigenvalue weighted by atomic mass is 16.6. The van der Waals surface area contributed by atoms with Crippen molar-refractivity contribution in [3.05, 3.63) is 108 Å². The fraction of sp³-hybridized carbons (Fsp3) is 0.133. The van der Waals surface area contributed by atoms with Gasteiger partial charge in [0.05, 0.1) is 17.7 Å². The highest BCUT2D eigenvalue weighted by molar-refractivity contribution is 5.90. The van der Waals surface area contributed by atoms with Gasteiger partial charge in [-0.1, -0.05) is 48.5 Å². The molecule has 0 aliphatic rings. The van der Waals surface area contributed by atoms with Gasteiger partial charge >= 0.3 is 11.9 Å². The third-order valence-electron chi connectivity index (χ3n) is 5.71. The molecule has 6 nitrogen and oxygen atoms in total. The average molecular weight is 483 g/mol. The largest absolute Gasteiger partial charge is 0.508 e. The number of phenols is 2. The van der Waals surface area contributed by atoms with Crippen molar-refractivity contribution in [3.63, 3.8) is 0 Å². The van der Waals surface area contributed by atoms with E-state index in [0.717, 1.165) is 22.3 Å². The summed E-state index contributed by atoms with van der Waals surface area (Å²) in [5, 5.41) is 18.8. The van der Waals surface area contributed by atoms with E-state index in [4.69, 9.17) is 9.47 Å². The second-order valence-corrected chi connectivity index (χ2v) is 8.39. The van der Waals surface area contributed by atoms with Crippen molar-refractivity contribution in [1.82, 2.24) is 0 Å². The zero-order chi connectivity index (χ0) is 25.5. The smallest absolute Gasteiger partial charge is 0.338 e. The number of ether oxygens (including phenoxy) is 2. The van der Waals surface area contributed by atoms with Crippen molar-refractivity contribution < 1.29 is 29.3 Å². The summed E-state index contributed by atoms with van der Waals surface area (Å²) in [6.45, 7) is 1.87. The highest BCUT2D eigenvalue weighted by Crippen LogP contribution is 2.24. The van der Waals surface area contributed by atoms with E-state index in [0.29, 0.717) is 17.5 Å². The predicted octanol–water partition coefficient (Wildman–Crippen LogP) is 6.22. The van der Waals surface area contributed by atoms with E-state index < -0.39 is 18.0 Å². The molecule has 1 unspecified atom stereocenters. The van der Waals surface area contributed by atoms with Crippen LogP contribution in [0.5, 0.6) is 11.5 Å². The van der Waals surface area contributed by atoms with E-state index in [2.05, 4.69) is 0 Å². The Hall–Kier alpha value is -4.58. The lowest BCUT2D eigenvalue weighted by molar-refractivity contribution is 0.0228. The molecule has 0 saturated heterocycles. The Balaban J connectivity index is 1.23. The Kier molecular flexibility index (Phi) is 7.66. The Labute approximate surface area is 209 Å². The van der Waals surface area contributed by atoms with Crippen LogP contribution in [0.25, 0.3) is 22.3 Å². The Bertz CT molecular complexity index is 1310. The maximum Gasteiger partial charge on any atom is 0.338 e. The van der Waals surface area contributed by atoms with Gasteiger partial charge in [-0.15, -0.1) is 0 Å². The van der Waals surface area contributed by atoms with Crippen LogP contribution in [0, 0.1) is 0 Å². The molecule has 6 heteroatoms. The number of benzene rings is 4. The summed E-state index contributed by atoms with van der Waals surface area (Å²) in [6, 6.07) is 27.7. The maximum atomic E-state index is 12.5. The van der Waals surface area contributed by atoms with E-state index in [1.807, 2.05) is 24.3 Å². The molecule has 0 fully saturated rings. The molecule has 0 aliphatic heterocycles. The third kappa shape index (κ3) is 6.30. The lowest BCUT2D eigenvalue weighted by atomic mass is 10.0. The van der Waals surface area contributed by atoms with Crippen LogP contribution >= 0.6 is 0 Å². The second-order valence-electron chi connectivity index (χ2n) is 8.39. The first-order valence-electron chi connectivity index (χ1n) is 11.6. The molecule has 0 heterocycles. The fourth-order valence-electron chi connectivity index (χ4n) is 3.62. The molecule has 36 heavy (non-hydrogen) atoms. The van der Waals surface area contributed by atoms with E-state index in [1.54, 1.807) is 79.7 Å². The molecule has 1 atom stereocenters. The molecule has 4 aromatic carbocycles. The average Bonchev–Trinajstić information content (AvgIpc) is 2.89. The van der Waals surface area contributed by atoms with Crippen LogP contribution < -0.4 is 0 Å². The zero-order valence-electron chi connectivity index (χ0n) is 19.8. The van der Waals surface area contributed by atoms with Gasteiger partial charge in [0, 0.05) is 6.42 Å². The number of hydrogen-bond acceptors (Lipinski definition) is 6. The molecule has 0 radical (unpaired) electrons. The summed E-state index contributed by atoms with van der Waals surface area (Å²) in [5.41, 5.74) is 4.55. The summed E-state index contributed by atoms with van der Waals surface area (Å²) in [5.74, 6) is -0.504. The highest BCUT2D eigenvalue weighted by Gasteiger charge is 2.14. The van der Waals surface area contributed by atoms with Crippen LogP contribution in [0.15, 0.2) is 97.1 Å². The monoisotopic (exact) mass is 482 g/mol. The Morgan fingerprint density at radius 2 is 0.972 bits per heavy atom. The molecule has 4 aromatic rings. The summed E-state index contributed by atoms with van der Waals surface area (Å²) in [6.07, 6.45) is -0.0618. The lowest BCUT2D eigenvalue weighted by Crippen LogP contribution is -2.18. The number of phenolic OH excluding ortho intramolecular Hbond substituents is 2. The van der Waals surface area contributed by atoms with Crippen molar-refractivity contribution in [3.8, 4) is 33.8 Å². The van der Waals surface area contributed by atoms with Gasteiger partial charge in [-0.25, -0.2) is 9.59 Å². The molecule has 0 aliphatic carbocycles. The van der Waals surface area contributed by atoms with Crippen molar-refractivity contribution in [2.24, 2.45) is 0 Å². The topological polar surface area (TPSA) is 93.1 Å². The number of esters is 2. The Morgan fingerprint density at radius 1 is 0.611 bits per heavy atom. The lowest BCUT2D eigenvalue weighted by Gasteiger charge is -2.14. The first-order chi connectivity index (χ1) is 17.4. The van der Waals surface area contributed by atoms with Crippen LogP contribution in [-0.2, 0) is 9.47 Å². The number of rotatable bonds is 8. The molecule has 0 saturated carbocycles. The van der Waals surface area contributed by atoms with Crippen LogP contribution in [0.1, 0.15) is 34.1 Å². The Morgan fingerprint density at radius 3 is 1.39 bits per heavy atom. The van der Waals surface area contributed by atoms with Crippen LogP contribution in [-0.4, -0.2) is 34.9 Å². The molecule has 182 valence electrons. The van der Waals surface area contributed by atoms with Crippen molar-refractivity contribution in [2.45, 2.75) is 19.4 Å². The molecule has 4 rings (SSSR count). The van der Waals surface area contributed by atoms with E-state index >= 15 is 0 Å². The molecule has 0 amide bonds. The number of carbonyl (C=O) groups excluding carboxylic acids is 2. The van der Waals surface area contributed by atoms with Gasteiger partial charge in [-0.05, 0) is 77.7 Å². The van der Waals surface area contributed by atoms with Gasteiger partial charge in [0.25, 0.3) is 0 Å². The van der Waals surface area contributed by atoms with Crippen molar-refractivity contribution >= 4 is 11.9 Å². The van der Waals surface area contributed by atoms with Gasteiger partial charge in [-0.2, -0.15) is 0 Å². The van der Waals surface area contributed by atoms with Gasteiger partial charge in [-0.3, -0.25) is 0 Å². The predicted molar refractivity (Wildman–Crippen MR) is 137 cm³/mol. The third-order valence-corrected chi connectivity index (χ3v) is 5.71. The van der Waals surface area contributed by atoms with Crippen LogP contribution in [0.4, 0.5) is 0 Å². The van der Waals surface area contributed by atoms with Crippen LogP contribution in [0.2, 0.25) is 0 Å². The summed E-state index contributed by atoms with van der Waals surface area (Å²) in [7, 11) is 0. The summed E-state index contributed by atoms with van der Waals surface area (Å²) < 4.78 is 10.8. The quantitative estimate of drug-likeness (QED) is 0.290. The minimum Gasteiger partial charge on any atom is -0.508 e. The SMILES string of the molecule is CC(CCOC(=O)c1ccc(-c2ccc(O)cc2)cc1)OC(=O)c1ccc(-c2ccc(O)cc2)cc1. The standard InChI is InChI=1S/C30H26O6/c1-20(36-30(34)26-8-4-22(5-9-26)24-12-16-28(32)17-13-24)18-19-35-29(33)25-6-2-21(3-7-25)23-10-14-27(31)15-11-23/h2-17,20,31-32H,18-19H2,1H3. The molecular formula is C30H26O6. The number of carbonyl (C=O) groups is 2. The summed E-state index contributed by atoms with van der Waals surface area (Å²) in [4.78, 5) is 24.8. The number of hydrogen-bond donors (Lipinski definition) is 2. The van der Waals surface area contributed by atoms with Gasteiger partial charge < -0.3 is 19.7 Å². The summed E-state index contributed by atoms with van der Waals surface area (Å²) >= 11 is 0. The van der Waals surface area contributed by atoms with Crippen molar-refractivity contribution in [1.29, 1.82) is 0 Å². The first-order valence-corrected chi connectivity index (χ1v) is 11.6. The number of aromatic hydroxyl groups is 2. The minimum absolute atomic E-state index is 0.118. The van der Waals surface area contributed by atoms with E-state index in [9.17, 15) is 19.8 Å². The molecular weight excluding hydrogens is 456 g/mol. The van der Waals surface area contributed by atoms with Gasteiger partial charge in [0.15, 0.2) is 0 Å². The molecule has 0 bridgehead atoms. The van der Waals surface area contributed by atoms with E-state index in [-0.39, 0.29) is 18.1 Å². The van der Waals surface area contributed by atoms with E-state index in [1.165, 1.54) is 0 Å².